The minimum Gasteiger partial charge on any atom is -0.370 e. The van der Waals surface area contributed by atoms with E-state index in [1.54, 1.807) is 0 Å². The largest absolute Gasteiger partial charge is 0.370 e. The van der Waals surface area contributed by atoms with Gasteiger partial charge in [-0.25, -0.2) is 0 Å². The van der Waals surface area contributed by atoms with Crippen LogP contribution in [0.5, 0.6) is 0 Å². The number of benzene rings is 2. The van der Waals surface area contributed by atoms with E-state index >= 15 is 0 Å². The minimum atomic E-state index is -0.0148. The number of fused-ring (bicyclic) bond motifs is 4. The molecule has 2 fully saturated rings. The Labute approximate surface area is 181 Å². The Morgan fingerprint density at radius 1 is 0.897 bits per heavy atom. The maximum atomic E-state index is 12.9. The average molecular weight is 451 g/mol. The van der Waals surface area contributed by atoms with Crippen LogP contribution in [0.2, 0.25) is 0 Å². The zero-order valence-corrected chi connectivity index (χ0v) is 18.2. The van der Waals surface area contributed by atoms with Crippen LogP contribution in [0.15, 0.2) is 40.9 Å². The molecule has 0 radical (unpaired) electrons. The zero-order chi connectivity index (χ0) is 19.5. The van der Waals surface area contributed by atoms with Crippen molar-refractivity contribution in [2.24, 2.45) is 11.8 Å². The molecule has 2 aromatic carbocycles. The highest BCUT2D eigenvalue weighted by Crippen LogP contribution is 2.56. The zero-order valence-electron chi connectivity index (χ0n) is 16.7. The average Bonchev–Trinajstić information content (AvgIpc) is 3.38. The molecule has 4 heteroatoms. The number of rotatable bonds is 2. The number of hydrogen-bond donors (Lipinski definition) is 1. The molecule has 2 aromatic rings. The van der Waals surface area contributed by atoms with Gasteiger partial charge in [-0.1, -0.05) is 28.8 Å². The molecular weight excluding hydrogens is 424 g/mol. The van der Waals surface area contributed by atoms with Crippen molar-refractivity contribution in [3.05, 3.63) is 57.6 Å². The van der Waals surface area contributed by atoms with Crippen molar-refractivity contribution < 1.29 is 4.79 Å². The minimum absolute atomic E-state index is 0.0148. The lowest BCUT2D eigenvalue weighted by molar-refractivity contribution is 0.102. The molecule has 0 aromatic heterocycles. The second kappa shape index (κ2) is 6.87. The Balaban J connectivity index is 1.41. The maximum Gasteiger partial charge on any atom is 0.255 e. The summed E-state index contributed by atoms with van der Waals surface area (Å²) in [6.07, 6.45) is 8.03. The van der Waals surface area contributed by atoms with Gasteiger partial charge in [-0.15, -0.1) is 0 Å². The van der Waals surface area contributed by atoms with Crippen LogP contribution in [-0.4, -0.2) is 19.0 Å². The highest BCUT2D eigenvalue weighted by molar-refractivity contribution is 9.10. The van der Waals surface area contributed by atoms with Crippen LogP contribution in [-0.2, 0) is 0 Å². The molecule has 3 nitrogen and oxygen atoms in total. The third kappa shape index (κ3) is 2.94. The van der Waals surface area contributed by atoms with Gasteiger partial charge in [0, 0.05) is 34.5 Å². The molecule has 4 aliphatic rings. The smallest absolute Gasteiger partial charge is 0.255 e. The maximum absolute atomic E-state index is 12.9. The molecule has 2 aliphatic carbocycles. The third-order valence-corrected chi connectivity index (χ3v) is 8.40. The molecule has 0 unspecified atom stereocenters. The number of halogens is 1. The molecule has 0 spiro atoms. The molecule has 1 N–H and O–H groups in total. The Morgan fingerprint density at radius 3 is 2.07 bits per heavy atom. The van der Waals surface area contributed by atoms with Crippen LogP contribution >= 0.6 is 15.9 Å². The summed E-state index contributed by atoms with van der Waals surface area (Å²) < 4.78 is 0.993. The molecule has 0 saturated heterocycles. The first-order chi connectivity index (χ1) is 14.2. The van der Waals surface area contributed by atoms with E-state index in [9.17, 15) is 4.79 Å². The molecule has 0 bridgehead atoms. The van der Waals surface area contributed by atoms with E-state index in [1.165, 1.54) is 68.4 Å². The van der Waals surface area contributed by atoms with Crippen molar-refractivity contribution in [3.63, 3.8) is 0 Å². The van der Waals surface area contributed by atoms with Crippen molar-refractivity contribution in [3.8, 4) is 0 Å². The predicted octanol–water partition coefficient (Wildman–Crippen LogP) is 6.30. The van der Waals surface area contributed by atoms with E-state index in [4.69, 9.17) is 0 Å². The summed E-state index contributed by atoms with van der Waals surface area (Å²) in [6.45, 7) is 2.50. The monoisotopic (exact) mass is 450 g/mol. The van der Waals surface area contributed by atoms with Crippen LogP contribution in [0.4, 0.5) is 11.4 Å². The van der Waals surface area contributed by atoms with Crippen LogP contribution in [0.3, 0.4) is 0 Å². The van der Waals surface area contributed by atoms with Gasteiger partial charge in [-0.2, -0.15) is 0 Å². The van der Waals surface area contributed by atoms with E-state index in [0.717, 1.165) is 22.0 Å². The van der Waals surface area contributed by atoms with Crippen LogP contribution in [0.25, 0.3) is 0 Å². The van der Waals surface area contributed by atoms with Gasteiger partial charge in [-0.05, 0) is 96.9 Å². The molecule has 4 atom stereocenters. The summed E-state index contributed by atoms with van der Waals surface area (Å²) in [7, 11) is 0. The van der Waals surface area contributed by atoms with Gasteiger partial charge in [0.05, 0.1) is 0 Å². The Bertz CT molecular complexity index is 924. The van der Waals surface area contributed by atoms with Gasteiger partial charge in [-0.3, -0.25) is 4.79 Å². The fourth-order valence-corrected chi connectivity index (χ4v) is 6.90. The molecule has 6 rings (SSSR count). The first-order valence-electron chi connectivity index (χ1n) is 11.2. The summed E-state index contributed by atoms with van der Waals surface area (Å²) in [5.41, 5.74) is 6.28. The SMILES string of the molecule is O=C(Nc1cc2c3c(c1)[C@@H]1CCC[C@@H]1CN3C[C@H]1CCC[C@@H]21)c1ccc(Br)cc1. The fraction of sp³-hybridized carbons (Fsp3) is 0.480. The number of amides is 1. The fourth-order valence-electron chi connectivity index (χ4n) is 6.64. The normalized spacial score (nSPS) is 29.2. The molecule has 2 heterocycles. The summed E-state index contributed by atoms with van der Waals surface area (Å²) in [5, 5.41) is 3.23. The van der Waals surface area contributed by atoms with E-state index in [-0.39, 0.29) is 5.91 Å². The van der Waals surface area contributed by atoms with Crippen molar-refractivity contribution in [1.82, 2.24) is 0 Å². The number of anilines is 2. The molecule has 1 amide bonds. The van der Waals surface area contributed by atoms with Crippen molar-refractivity contribution in [2.75, 3.05) is 23.3 Å². The molecule has 150 valence electrons. The quantitative estimate of drug-likeness (QED) is 0.581. The van der Waals surface area contributed by atoms with Gasteiger partial charge in [0.25, 0.3) is 5.91 Å². The Kier molecular flexibility index (Phi) is 4.26. The highest BCUT2D eigenvalue weighted by Gasteiger charge is 2.44. The molecule has 2 aliphatic heterocycles. The standard InChI is InChI=1S/C25H27BrN2O/c26-18-9-7-15(8-10-18)25(29)27-19-11-22-20-5-1-3-16(20)13-28-14-17-4-2-6-21(17)23(12-19)24(22)28/h7-12,16-17,20-21H,1-6,13-14H2,(H,27,29)/t16-,17-,20-,21-/m1/s1. The first-order valence-corrected chi connectivity index (χ1v) is 12.0. The number of nitrogens with one attached hydrogen (secondary N) is 1. The lowest BCUT2D eigenvalue weighted by atomic mass is 9.75. The van der Waals surface area contributed by atoms with Crippen molar-refractivity contribution >= 4 is 33.2 Å². The topological polar surface area (TPSA) is 32.3 Å². The van der Waals surface area contributed by atoms with E-state index < -0.39 is 0 Å². The Morgan fingerprint density at radius 2 is 1.48 bits per heavy atom. The second-order valence-corrected chi connectivity index (χ2v) is 10.4. The van der Waals surface area contributed by atoms with E-state index in [1.807, 2.05) is 24.3 Å². The molecular formula is C25H27BrN2O. The van der Waals surface area contributed by atoms with Crippen LogP contribution < -0.4 is 10.2 Å². The van der Waals surface area contributed by atoms with Gasteiger partial charge in [0.15, 0.2) is 0 Å². The van der Waals surface area contributed by atoms with Gasteiger partial charge in [0.1, 0.15) is 0 Å². The first kappa shape index (κ1) is 18.0. The van der Waals surface area contributed by atoms with Crippen molar-refractivity contribution in [2.45, 2.75) is 50.4 Å². The van der Waals surface area contributed by atoms with Gasteiger partial charge < -0.3 is 10.2 Å². The van der Waals surface area contributed by atoms with E-state index in [2.05, 4.69) is 38.3 Å². The summed E-state index contributed by atoms with van der Waals surface area (Å²) in [4.78, 5) is 15.6. The van der Waals surface area contributed by atoms with Gasteiger partial charge >= 0.3 is 0 Å². The van der Waals surface area contributed by atoms with E-state index in [0.29, 0.717) is 17.4 Å². The molecule has 29 heavy (non-hydrogen) atoms. The lowest BCUT2D eigenvalue weighted by Gasteiger charge is -2.46. The number of carbonyl (C=O) groups is 1. The number of nitrogens with zero attached hydrogens (tertiary/aromatic N) is 1. The summed E-state index contributed by atoms with van der Waals surface area (Å²) >= 11 is 3.45. The number of hydrogen-bond acceptors (Lipinski definition) is 2. The lowest BCUT2D eigenvalue weighted by Crippen LogP contribution is -2.43. The van der Waals surface area contributed by atoms with Crippen LogP contribution in [0, 0.1) is 11.8 Å². The highest BCUT2D eigenvalue weighted by atomic mass is 79.9. The van der Waals surface area contributed by atoms with Gasteiger partial charge in [0.2, 0.25) is 0 Å². The third-order valence-electron chi connectivity index (χ3n) is 7.88. The summed E-state index contributed by atoms with van der Waals surface area (Å²) in [6, 6.07) is 12.2. The predicted molar refractivity (Wildman–Crippen MR) is 121 cm³/mol. The number of carbonyl (C=O) groups excluding carboxylic acids is 1. The Hall–Kier alpha value is -1.81. The second-order valence-electron chi connectivity index (χ2n) is 9.46. The van der Waals surface area contributed by atoms with Crippen molar-refractivity contribution in [1.29, 1.82) is 0 Å². The van der Waals surface area contributed by atoms with Crippen LogP contribution in [0.1, 0.15) is 71.8 Å². The molecule has 2 saturated carbocycles. The summed E-state index contributed by atoms with van der Waals surface area (Å²) in [5.74, 6) is 2.94.